The van der Waals surface area contributed by atoms with Crippen molar-refractivity contribution < 1.29 is 41.0 Å². The van der Waals surface area contributed by atoms with E-state index in [2.05, 4.69) is 20.2 Å². The molecule has 1 N–H and O–H groups in total. The van der Waals surface area contributed by atoms with Crippen LogP contribution in [0.2, 0.25) is 0 Å². The minimum Gasteiger partial charge on any atom is -0.481 e. The van der Waals surface area contributed by atoms with E-state index in [4.69, 9.17) is 9.47 Å². The van der Waals surface area contributed by atoms with Gasteiger partial charge in [0, 0.05) is 49.9 Å². The number of ether oxygens (including phenoxy) is 2. The quantitative estimate of drug-likeness (QED) is 0.305. The molecule has 0 saturated heterocycles. The molecule has 0 aliphatic carbocycles. The molecule has 4 aromatic heterocycles. The predicted molar refractivity (Wildman–Crippen MR) is 162 cm³/mol. The number of rotatable bonds is 6. The van der Waals surface area contributed by atoms with Crippen LogP contribution in [0.25, 0.3) is 5.65 Å². The second-order valence-electron chi connectivity index (χ2n) is 12.1. The van der Waals surface area contributed by atoms with Gasteiger partial charge in [0.05, 0.1) is 12.0 Å². The standard InChI is InChI=1S/C31H35F3N6O6S/c1-18-13-24-27(36-15-18)46-12-11-45-10-6-8-39(47(24,43)44)17-22-14-21(16-35-20(22)3)25(30(4,5)29(41)42)23-7-9-40-26(19(23)2)37-38-28(40)31(32,33)34/h7,9,13-16,25H,6,8,10-12,17H2,1-5H3,(H,41,42)/t25-/m0/s1. The lowest BCUT2D eigenvalue weighted by Crippen LogP contribution is -2.34. The van der Waals surface area contributed by atoms with E-state index < -0.39 is 39.3 Å². The summed E-state index contributed by atoms with van der Waals surface area (Å²) in [5.74, 6) is -3.31. The van der Waals surface area contributed by atoms with Gasteiger partial charge in [0.1, 0.15) is 11.5 Å². The molecule has 0 unspecified atom stereocenters. The average molecular weight is 677 g/mol. The first kappa shape index (κ1) is 34.2. The summed E-state index contributed by atoms with van der Waals surface area (Å²) in [6.45, 7) is 8.71. The number of alkyl halides is 3. The smallest absolute Gasteiger partial charge is 0.452 e. The fourth-order valence-corrected chi connectivity index (χ4v) is 7.33. The molecular weight excluding hydrogens is 641 g/mol. The van der Waals surface area contributed by atoms with Crippen molar-refractivity contribution in [3.05, 3.63) is 76.1 Å². The third-order valence-electron chi connectivity index (χ3n) is 8.33. The Labute approximate surface area is 269 Å². The topological polar surface area (TPSA) is 149 Å². The number of pyridine rings is 3. The van der Waals surface area contributed by atoms with E-state index in [9.17, 15) is 31.5 Å². The van der Waals surface area contributed by atoms with E-state index in [0.717, 1.165) is 4.40 Å². The number of fused-ring (bicyclic) bond motifs is 2. The summed E-state index contributed by atoms with van der Waals surface area (Å²) in [7, 11) is -4.15. The Kier molecular flexibility index (Phi) is 9.32. The highest BCUT2D eigenvalue weighted by atomic mass is 32.2. The number of hydrogen-bond acceptors (Lipinski definition) is 9. The molecule has 12 nitrogen and oxygen atoms in total. The number of nitrogens with zero attached hydrogens (tertiary/aromatic N) is 6. The van der Waals surface area contributed by atoms with E-state index in [0.29, 0.717) is 46.5 Å². The van der Waals surface area contributed by atoms with Gasteiger partial charge in [-0.1, -0.05) is 6.07 Å². The van der Waals surface area contributed by atoms with E-state index in [1.165, 1.54) is 48.9 Å². The van der Waals surface area contributed by atoms with Gasteiger partial charge in [0.25, 0.3) is 0 Å². The average Bonchev–Trinajstić information content (AvgIpc) is 3.44. The molecule has 0 radical (unpaired) electrons. The van der Waals surface area contributed by atoms with Gasteiger partial charge in [0.15, 0.2) is 5.65 Å². The number of sulfonamides is 1. The van der Waals surface area contributed by atoms with Gasteiger partial charge < -0.3 is 14.6 Å². The highest BCUT2D eigenvalue weighted by Crippen LogP contribution is 2.44. The Hall–Kier alpha value is -4.15. The summed E-state index contributed by atoms with van der Waals surface area (Å²) in [5.41, 5.74) is 1.26. The first-order valence-corrected chi connectivity index (χ1v) is 16.2. The van der Waals surface area contributed by atoms with Crippen molar-refractivity contribution in [3.8, 4) is 5.88 Å². The molecule has 1 atom stereocenters. The highest BCUT2D eigenvalue weighted by Gasteiger charge is 2.42. The number of aliphatic carboxylic acids is 1. The first-order chi connectivity index (χ1) is 22.0. The molecule has 1 aliphatic rings. The maximum absolute atomic E-state index is 14.1. The van der Waals surface area contributed by atoms with Crippen LogP contribution in [0.15, 0.2) is 41.7 Å². The second-order valence-corrected chi connectivity index (χ2v) is 14.0. The van der Waals surface area contributed by atoms with Gasteiger partial charge in [-0.15, -0.1) is 10.2 Å². The Morgan fingerprint density at radius 1 is 1.06 bits per heavy atom. The Morgan fingerprint density at radius 2 is 1.81 bits per heavy atom. The van der Waals surface area contributed by atoms with Crippen LogP contribution in [0.3, 0.4) is 0 Å². The molecule has 5 rings (SSSR count). The highest BCUT2D eigenvalue weighted by molar-refractivity contribution is 7.89. The van der Waals surface area contributed by atoms with Crippen molar-refractivity contribution in [3.63, 3.8) is 0 Å². The maximum atomic E-state index is 14.1. The van der Waals surface area contributed by atoms with E-state index in [1.54, 1.807) is 26.8 Å². The number of carboxylic acid groups (broad SMARTS) is 1. The Balaban J connectivity index is 1.62. The normalized spacial score (nSPS) is 17.0. The summed E-state index contributed by atoms with van der Waals surface area (Å²) in [5, 5.41) is 17.4. The SMILES string of the molecule is Cc1cnc2c(c1)S(=O)(=O)N(Cc1cc([C@@H](c3ccn4c(C(F)(F)F)nnc4c3C)C(C)(C)C(=O)O)cnc1C)CCCOCCO2. The summed E-state index contributed by atoms with van der Waals surface area (Å²) in [6.07, 6.45) is -0.156. The van der Waals surface area contributed by atoms with Gasteiger partial charge in [0.2, 0.25) is 21.7 Å². The van der Waals surface area contributed by atoms with E-state index in [1.807, 2.05) is 0 Å². The number of aryl methyl sites for hydroxylation is 3. The third-order valence-corrected chi connectivity index (χ3v) is 10.2. The molecule has 1 aliphatic heterocycles. The molecule has 5 heterocycles. The van der Waals surface area contributed by atoms with Crippen molar-refractivity contribution in [1.29, 1.82) is 0 Å². The van der Waals surface area contributed by atoms with Gasteiger partial charge in [-0.2, -0.15) is 17.5 Å². The summed E-state index contributed by atoms with van der Waals surface area (Å²) < 4.78 is 82.3. The Morgan fingerprint density at radius 3 is 2.51 bits per heavy atom. The summed E-state index contributed by atoms with van der Waals surface area (Å²) >= 11 is 0. The van der Waals surface area contributed by atoms with E-state index >= 15 is 0 Å². The summed E-state index contributed by atoms with van der Waals surface area (Å²) in [4.78, 5) is 21.3. The minimum atomic E-state index is -4.75. The molecule has 0 fully saturated rings. The number of hydrogen-bond donors (Lipinski definition) is 1. The molecule has 0 spiro atoms. The Bertz CT molecular complexity index is 1930. The number of halogens is 3. The van der Waals surface area contributed by atoms with Crippen LogP contribution in [0.5, 0.6) is 5.88 Å². The lowest BCUT2D eigenvalue weighted by Gasteiger charge is -2.33. The van der Waals surface area contributed by atoms with Crippen LogP contribution in [0.1, 0.15) is 65.5 Å². The molecule has 0 saturated carbocycles. The molecule has 0 aromatic carbocycles. The summed E-state index contributed by atoms with van der Waals surface area (Å²) in [6, 6.07) is 4.64. The third kappa shape index (κ3) is 6.67. The van der Waals surface area contributed by atoms with Crippen LogP contribution in [-0.4, -0.2) is 74.7 Å². The molecule has 0 bridgehead atoms. The monoisotopic (exact) mass is 676 g/mol. The number of carboxylic acids is 1. The van der Waals surface area contributed by atoms with Gasteiger partial charge in [-0.05, 0) is 81.0 Å². The maximum Gasteiger partial charge on any atom is 0.452 e. The van der Waals surface area contributed by atoms with Crippen LogP contribution < -0.4 is 4.74 Å². The van der Waals surface area contributed by atoms with Crippen LogP contribution in [0.4, 0.5) is 13.2 Å². The van der Waals surface area contributed by atoms with Crippen molar-refractivity contribution in [2.75, 3.05) is 26.4 Å². The van der Waals surface area contributed by atoms with Crippen LogP contribution >= 0.6 is 0 Å². The molecule has 0 amide bonds. The van der Waals surface area contributed by atoms with Gasteiger partial charge >= 0.3 is 12.1 Å². The molecule has 47 heavy (non-hydrogen) atoms. The van der Waals surface area contributed by atoms with Crippen molar-refractivity contribution in [2.24, 2.45) is 5.41 Å². The largest absolute Gasteiger partial charge is 0.481 e. The lowest BCUT2D eigenvalue weighted by atomic mass is 9.70. The first-order valence-electron chi connectivity index (χ1n) is 14.8. The second kappa shape index (κ2) is 12.8. The fourth-order valence-electron chi connectivity index (χ4n) is 5.71. The van der Waals surface area contributed by atoms with Crippen LogP contribution in [0, 0.1) is 26.2 Å². The van der Waals surface area contributed by atoms with Gasteiger partial charge in [-0.25, -0.2) is 13.4 Å². The fraction of sp³-hybridized carbons (Fsp3) is 0.452. The van der Waals surface area contributed by atoms with Crippen molar-refractivity contribution >= 4 is 21.6 Å². The molecule has 252 valence electrons. The van der Waals surface area contributed by atoms with Gasteiger partial charge in [-0.3, -0.25) is 14.2 Å². The van der Waals surface area contributed by atoms with E-state index in [-0.39, 0.29) is 42.7 Å². The van der Waals surface area contributed by atoms with Crippen molar-refractivity contribution in [1.82, 2.24) is 28.9 Å². The zero-order valence-corrected chi connectivity index (χ0v) is 27.3. The number of aromatic nitrogens is 5. The molecule has 4 aromatic rings. The van der Waals surface area contributed by atoms with Crippen molar-refractivity contribution in [2.45, 2.75) is 64.6 Å². The molecule has 16 heteroatoms. The van der Waals surface area contributed by atoms with Crippen LogP contribution in [-0.2, 0) is 32.3 Å². The molecular formula is C31H35F3N6O6S. The lowest BCUT2D eigenvalue weighted by molar-refractivity contribution is -0.147. The zero-order valence-electron chi connectivity index (χ0n) is 26.5. The predicted octanol–water partition coefficient (Wildman–Crippen LogP) is 4.70. The number of carbonyl (C=O) groups is 1. The minimum absolute atomic E-state index is 0.0361. The zero-order chi connectivity index (χ0) is 34.3.